The Hall–Kier alpha value is -1.08. The van der Waals surface area contributed by atoms with Crippen LogP contribution in [0.3, 0.4) is 0 Å². The van der Waals surface area contributed by atoms with Gasteiger partial charge in [0.1, 0.15) is 5.41 Å². The molecule has 0 unspecified atom stereocenters. The lowest BCUT2D eigenvalue weighted by Gasteiger charge is -2.37. The van der Waals surface area contributed by atoms with Crippen LogP contribution in [-0.4, -0.2) is 37.0 Å². The first-order valence-corrected chi connectivity index (χ1v) is 7.33. The van der Waals surface area contributed by atoms with E-state index in [2.05, 4.69) is 30.4 Å². The van der Waals surface area contributed by atoms with Gasteiger partial charge in [0, 0.05) is 12.1 Å². The van der Waals surface area contributed by atoms with Crippen molar-refractivity contribution in [3.63, 3.8) is 0 Å². The Kier molecular flexibility index (Phi) is 5.37. The molecule has 0 atom stereocenters. The summed E-state index contributed by atoms with van der Waals surface area (Å²) in [5, 5.41) is 12.3. The molecule has 0 aromatic rings. The molecule has 0 aromatic carbocycles. The van der Waals surface area contributed by atoms with Gasteiger partial charge in [-0.3, -0.25) is 4.79 Å². The Morgan fingerprint density at radius 1 is 1.32 bits per heavy atom. The number of likely N-dealkylation sites (N-methyl/N-ethyl adjacent to an activating group) is 1. The average molecular weight is 265 g/mol. The molecule has 1 aliphatic rings. The van der Waals surface area contributed by atoms with E-state index in [1.807, 2.05) is 13.8 Å². The predicted molar refractivity (Wildman–Crippen MR) is 76.5 cm³/mol. The molecule has 1 amide bonds. The molecular weight excluding hydrogens is 238 g/mol. The van der Waals surface area contributed by atoms with Crippen molar-refractivity contribution < 1.29 is 4.79 Å². The fourth-order valence-electron chi connectivity index (χ4n) is 3.01. The number of nitriles is 1. The maximum Gasteiger partial charge on any atom is 0.240 e. The molecule has 0 spiro atoms. The molecule has 4 nitrogen and oxygen atoms in total. The van der Waals surface area contributed by atoms with Gasteiger partial charge >= 0.3 is 0 Å². The zero-order valence-electron chi connectivity index (χ0n) is 12.8. The van der Waals surface area contributed by atoms with E-state index >= 15 is 0 Å². The molecule has 19 heavy (non-hydrogen) atoms. The van der Waals surface area contributed by atoms with E-state index in [-0.39, 0.29) is 11.4 Å². The number of carbonyl (C=O) groups excluding carboxylic acids is 1. The number of rotatable bonds is 6. The van der Waals surface area contributed by atoms with Crippen molar-refractivity contribution in [3.8, 4) is 6.07 Å². The summed E-state index contributed by atoms with van der Waals surface area (Å²) in [4.78, 5) is 14.6. The molecule has 1 saturated carbocycles. The summed E-state index contributed by atoms with van der Waals surface area (Å²) < 4.78 is 0. The summed E-state index contributed by atoms with van der Waals surface area (Å²) in [5.74, 6) is -0.104. The molecule has 0 radical (unpaired) electrons. The Morgan fingerprint density at radius 3 is 2.21 bits per heavy atom. The molecular formula is C15H27N3O. The van der Waals surface area contributed by atoms with Crippen LogP contribution in [0.5, 0.6) is 0 Å². The highest BCUT2D eigenvalue weighted by molar-refractivity contribution is 5.85. The van der Waals surface area contributed by atoms with E-state index in [4.69, 9.17) is 0 Å². The molecule has 1 rings (SSSR count). The van der Waals surface area contributed by atoms with Crippen molar-refractivity contribution in [1.82, 2.24) is 10.2 Å². The minimum absolute atomic E-state index is 0.0817. The number of amides is 1. The lowest BCUT2D eigenvalue weighted by Crippen LogP contribution is -2.53. The fourth-order valence-corrected chi connectivity index (χ4v) is 3.01. The third-order valence-electron chi connectivity index (χ3n) is 4.92. The van der Waals surface area contributed by atoms with E-state index in [1.165, 1.54) is 12.8 Å². The van der Waals surface area contributed by atoms with E-state index in [0.29, 0.717) is 19.4 Å². The largest absolute Gasteiger partial charge is 0.353 e. The number of nitrogens with zero attached hydrogens (tertiary/aromatic N) is 2. The van der Waals surface area contributed by atoms with Crippen molar-refractivity contribution in [1.29, 1.82) is 5.26 Å². The highest BCUT2D eigenvalue weighted by atomic mass is 16.2. The Balaban J connectivity index is 2.70. The van der Waals surface area contributed by atoms with Gasteiger partial charge in [0.15, 0.2) is 0 Å². The van der Waals surface area contributed by atoms with Crippen LogP contribution in [0.15, 0.2) is 0 Å². The van der Waals surface area contributed by atoms with Gasteiger partial charge in [0.05, 0.1) is 6.07 Å². The maximum atomic E-state index is 12.3. The number of hydrogen-bond acceptors (Lipinski definition) is 3. The smallest absolute Gasteiger partial charge is 0.240 e. The first-order valence-electron chi connectivity index (χ1n) is 7.33. The van der Waals surface area contributed by atoms with Gasteiger partial charge in [-0.2, -0.15) is 5.26 Å². The molecule has 4 heteroatoms. The Labute approximate surface area is 117 Å². The SMILES string of the molecule is CCC(C#N)(CC)C(=O)NCC1(N(C)C)CCCC1. The zero-order valence-corrected chi connectivity index (χ0v) is 12.8. The van der Waals surface area contributed by atoms with Crippen molar-refractivity contribution in [2.45, 2.75) is 57.9 Å². The minimum Gasteiger partial charge on any atom is -0.353 e. The van der Waals surface area contributed by atoms with E-state index in [1.54, 1.807) is 0 Å². The molecule has 0 bridgehead atoms. The molecule has 108 valence electrons. The van der Waals surface area contributed by atoms with E-state index < -0.39 is 5.41 Å². The predicted octanol–water partition coefficient (Wildman–Crippen LogP) is 2.31. The van der Waals surface area contributed by atoms with Gasteiger partial charge in [-0.1, -0.05) is 26.7 Å². The summed E-state index contributed by atoms with van der Waals surface area (Å²) in [6.45, 7) is 4.47. The van der Waals surface area contributed by atoms with Crippen LogP contribution in [0.25, 0.3) is 0 Å². The molecule has 0 aromatic heterocycles. The highest BCUT2D eigenvalue weighted by Gasteiger charge is 2.39. The van der Waals surface area contributed by atoms with Crippen molar-refractivity contribution in [2.75, 3.05) is 20.6 Å². The van der Waals surface area contributed by atoms with Gasteiger partial charge in [-0.25, -0.2) is 0 Å². The lowest BCUT2D eigenvalue weighted by atomic mass is 9.82. The van der Waals surface area contributed by atoms with Gasteiger partial charge in [0.25, 0.3) is 0 Å². The third kappa shape index (κ3) is 3.09. The summed E-state index contributed by atoms with van der Waals surface area (Å²) in [6.07, 6.45) is 5.83. The van der Waals surface area contributed by atoms with E-state index in [0.717, 1.165) is 12.8 Å². The van der Waals surface area contributed by atoms with Crippen molar-refractivity contribution in [2.24, 2.45) is 5.41 Å². The maximum absolute atomic E-state index is 12.3. The average Bonchev–Trinajstić information content (AvgIpc) is 2.89. The van der Waals surface area contributed by atoms with Crippen LogP contribution in [0.4, 0.5) is 0 Å². The first-order chi connectivity index (χ1) is 8.96. The fraction of sp³-hybridized carbons (Fsp3) is 0.867. The number of hydrogen-bond donors (Lipinski definition) is 1. The second-order valence-electron chi connectivity index (χ2n) is 5.91. The quantitative estimate of drug-likeness (QED) is 0.801. The normalized spacial score (nSPS) is 18.3. The summed E-state index contributed by atoms with van der Waals surface area (Å²) in [6, 6.07) is 2.21. The van der Waals surface area contributed by atoms with Crippen molar-refractivity contribution >= 4 is 5.91 Å². The van der Waals surface area contributed by atoms with Crippen LogP contribution < -0.4 is 5.32 Å². The molecule has 1 aliphatic carbocycles. The number of nitrogens with one attached hydrogen (secondary N) is 1. The topological polar surface area (TPSA) is 56.1 Å². The van der Waals surface area contributed by atoms with E-state index in [9.17, 15) is 10.1 Å². The van der Waals surface area contributed by atoms with Crippen LogP contribution in [0.1, 0.15) is 52.4 Å². The van der Waals surface area contributed by atoms with Crippen LogP contribution in [-0.2, 0) is 4.79 Å². The van der Waals surface area contributed by atoms with Crippen molar-refractivity contribution in [3.05, 3.63) is 0 Å². The van der Waals surface area contributed by atoms with Gasteiger partial charge in [-0.05, 0) is 39.8 Å². The van der Waals surface area contributed by atoms with Gasteiger partial charge < -0.3 is 10.2 Å². The molecule has 0 aliphatic heterocycles. The summed E-state index contributed by atoms with van der Waals surface area (Å²) >= 11 is 0. The summed E-state index contributed by atoms with van der Waals surface area (Å²) in [7, 11) is 4.16. The zero-order chi connectivity index (χ0) is 14.5. The molecule has 1 N–H and O–H groups in total. The monoisotopic (exact) mass is 265 g/mol. The van der Waals surface area contributed by atoms with Crippen LogP contribution in [0.2, 0.25) is 0 Å². The first kappa shape index (κ1) is 16.0. The minimum atomic E-state index is -0.855. The summed E-state index contributed by atoms with van der Waals surface area (Å²) in [5.41, 5.74) is -0.773. The molecule has 0 heterocycles. The van der Waals surface area contributed by atoms with Crippen LogP contribution >= 0.6 is 0 Å². The Bertz CT molecular complexity index is 347. The van der Waals surface area contributed by atoms with Crippen LogP contribution in [0, 0.1) is 16.7 Å². The molecule has 0 saturated heterocycles. The number of carbonyl (C=O) groups is 1. The lowest BCUT2D eigenvalue weighted by molar-refractivity contribution is -0.129. The van der Waals surface area contributed by atoms with Gasteiger partial charge in [0.2, 0.25) is 5.91 Å². The standard InChI is InChI=1S/C15H27N3O/c1-5-14(6-2,11-16)13(19)17-12-15(18(3)4)9-7-8-10-15/h5-10,12H2,1-4H3,(H,17,19). The second kappa shape index (κ2) is 6.38. The third-order valence-corrected chi connectivity index (χ3v) is 4.92. The highest BCUT2D eigenvalue weighted by Crippen LogP contribution is 2.33. The van der Waals surface area contributed by atoms with Gasteiger partial charge in [-0.15, -0.1) is 0 Å². The Morgan fingerprint density at radius 2 is 1.84 bits per heavy atom. The molecule has 1 fully saturated rings. The second-order valence-corrected chi connectivity index (χ2v) is 5.91.